The summed E-state index contributed by atoms with van der Waals surface area (Å²) in [6.07, 6.45) is 3.04. The average molecular weight is 269 g/mol. The zero-order valence-corrected chi connectivity index (χ0v) is 11.0. The summed E-state index contributed by atoms with van der Waals surface area (Å²) in [7, 11) is 1.18. The van der Waals surface area contributed by atoms with Gasteiger partial charge in [-0.1, -0.05) is 13.3 Å². The van der Waals surface area contributed by atoms with Crippen LogP contribution in [0.5, 0.6) is 5.75 Å². The molecule has 0 radical (unpaired) electrons. The molecule has 1 amide bonds. The van der Waals surface area contributed by atoms with Gasteiger partial charge in [-0.2, -0.15) is 0 Å². The quantitative estimate of drug-likeness (QED) is 0.916. The van der Waals surface area contributed by atoms with Crippen LogP contribution in [0.25, 0.3) is 0 Å². The van der Waals surface area contributed by atoms with Gasteiger partial charge in [-0.05, 0) is 30.9 Å². The smallest absolute Gasteiger partial charge is 0.251 e. The fourth-order valence-corrected chi connectivity index (χ4v) is 2.50. The van der Waals surface area contributed by atoms with Crippen molar-refractivity contribution < 1.29 is 18.3 Å². The van der Waals surface area contributed by atoms with E-state index in [-0.39, 0.29) is 11.6 Å². The fourth-order valence-electron chi connectivity index (χ4n) is 2.50. The third-order valence-electron chi connectivity index (χ3n) is 3.64. The van der Waals surface area contributed by atoms with Crippen molar-refractivity contribution in [2.24, 2.45) is 5.92 Å². The Kier molecular flexibility index (Phi) is 4.02. The van der Waals surface area contributed by atoms with Gasteiger partial charge in [-0.25, -0.2) is 8.78 Å². The van der Waals surface area contributed by atoms with Crippen molar-refractivity contribution >= 4 is 5.91 Å². The van der Waals surface area contributed by atoms with Gasteiger partial charge in [0, 0.05) is 11.6 Å². The standard InChI is InChI=1S/C14H17F2NO2/c1-8-4-3-5-12(8)17-14(18)9-6-10(15)13(19-2)11(16)7-9/h6-8,12H,3-5H2,1-2H3,(H,17,18). The van der Waals surface area contributed by atoms with Crippen LogP contribution in [-0.4, -0.2) is 19.1 Å². The van der Waals surface area contributed by atoms with Crippen LogP contribution in [0.2, 0.25) is 0 Å². The van der Waals surface area contributed by atoms with Crippen LogP contribution < -0.4 is 10.1 Å². The first-order valence-corrected chi connectivity index (χ1v) is 6.37. The van der Waals surface area contributed by atoms with Crippen LogP contribution >= 0.6 is 0 Å². The van der Waals surface area contributed by atoms with Gasteiger partial charge in [-0.15, -0.1) is 0 Å². The summed E-state index contributed by atoms with van der Waals surface area (Å²) in [5, 5.41) is 2.82. The zero-order valence-electron chi connectivity index (χ0n) is 11.0. The molecule has 1 aromatic rings. The first-order valence-electron chi connectivity index (χ1n) is 6.37. The molecule has 0 saturated heterocycles. The second kappa shape index (κ2) is 5.55. The van der Waals surface area contributed by atoms with Crippen LogP contribution in [0.1, 0.15) is 36.5 Å². The number of hydrogen-bond donors (Lipinski definition) is 1. The molecule has 1 fully saturated rings. The summed E-state index contributed by atoms with van der Waals surface area (Å²) in [5.41, 5.74) is -0.0186. The molecule has 1 N–H and O–H groups in total. The van der Waals surface area contributed by atoms with E-state index < -0.39 is 23.3 Å². The Morgan fingerprint density at radius 1 is 1.32 bits per heavy atom. The maximum absolute atomic E-state index is 13.5. The van der Waals surface area contributed by atoms with Crippen LogP contribution in [0.3, 0.4) is 0 Å². The van der Waals surface area contributed by atoms with Crippen molar-refractivity contribution in [2.75, 3.05) is 7.11 Å². The van der Waals surface area contributed by atoms with E-state index in [0.29, 0.717) is 5.92 Å². The highest BCUT2D eigenvalue weighted by Crippen LogP contribution is 2.26. The van der Waals surface area contributed by atoms with Crippen LogP contribution in [-0.2, 0) is 0 Å². The van der Waals surface area contributed by atoms with Crippen molar-refractivity contribution in [3.63, 3.8) is 0 Å². The average Bonchev–Trinajstić information content (AvgIpc) is 2.74. The van der Waals surface area contributed by atoms with E-state index in [2.05, 4.69) is 17.0 Å². The molecule has 5 heteroatoms. The SMILES string of the molecule is COc1c(F)cc(C(=O)NC2CCCC2C)cc1F. The van der Waals surface area contributed by atoms with Crippen molar-refractivity contribution in [3.05, 3.63) is 29.3 Å². The van der Waals surface area contributed by atoms with Gasteiger partial charge in [0.05, 0.1) is 7.11 Å². The van der Waals surface area contributed by atoms with Crippen LogP contribution in [0, 0.1) is 17.6 Å². The van der Waals surface area contributed by atoms with E-state index >= 15 is 0 Å². The number of nitrogens with one attached hydrogen (secondary N) is 1. The van der Waals surface area contributed by atoms with E-state index in [1.54, 1.807) is 0 Å². The molecule has 19 heavy (non-hydrogen) atoms. The summed E-state index contributed by atoms with van der Waals surface area (Å²) >= 11 is 0. The first-order chi connectivity index (χ1) is 9.02. The molecule has 0 aliphatic heterocycles. The van der Waals surface area contributed by atoms with E-state index in [9.17, 15) is 13.6 Å². The molecule has 3 nitrogen and oxygen atoms in total. The van der Waals surface area contributed by atoms with E-state index in [0.717, 1.165) is 31.4 Å². The molecule has 1 saturated carbocycles. The number of halogens is 2. The third kappa shape index (κ3) is 2.85. The number of hydrogen-bond acceptors (Lipinski definition) is 2. The van der Waals surface area contributed by atoms with Gasteiger partial charge < -0.3 is 10.1 Å². The Morgan fingerprint density at radius 2 is 1.95 bits per heavy atom. The highest BCUT2D eigenvalue weighted by Gasteiger charge is 2.25. The Hall–Kier alpha value is -1.65. The summed E-state index contributed by atoms with van der Waals surface area (Å²) in [4.78, 5) is 12.0. The van der Waals surface area contributed by atoms with Crippen LogP contribution in [0.4, 0.5) is 8.78 Å². The molecule has 1 aliphatic carbocycles. The molecule has 0 spiro atoms. The zero-order chi connectivity index (χ0) is 14.0. The van der Waals surface area contributed by atoms with E-state index in [1.807, 2.05) is 0 Å². The second-order valence-electron chi connectivity index (χ2n) is 4.96. The van der Waals surface area contributed by atoms with Gasteiger partial charge in [-0.3, -0.25) is 4.79 Å². The lowest BCUT2D eigenvalue weighted by Gasteiger charge is -2.17. The molecule has 0 aromatic heterocycles. The second-order valence-corrected chi connectivity index (χ2v) is 4.96. The number of carbonyl (C=O) groups is 1. The van der Waals surface area contributed by atoms with Gasteiger partial charge >= 0.3 is 0 Å². The minimum absolute atomic E-state index is 0.0186. The highest BCUT2D eigenvalue weighted by atomic mass is 19.1. The number of rotatable bonds is 3. The molecule has 0 heterocycles. The topological polar surface area (TPSA) is 38.3 Å². The van der Waals surface area contributed by atoms with Gasteiger partial charge in [0.25, 0.3) is 5.91 Å². The largest absolute Gasteiger partial charge is 0.491 e. The maximum Gasteiger partial charge on any atom is 0.251 e. The minimum atomic E-state index is -0.868. The maximum atomic E-state index is 13.5. The Bertz CT molecular complexity index is 467. The molecular formula is C14H17F2NO2. The Balaban J connectivity index is 2.15. The molecule has 1 aromatic carbocycles. The molecule has 1 aliphatic rings. The molecule has 2 unspecified atom stereocenters. The summed E-state index contributed by atoms with van der Waals surface area (Å²) < 4.78 is 31.6. The minimum Gasteiger partial charge on any atom is -0.491 e. The number of carbonyl (C=O) groups excluding carboxylic acids is 1. The van der Waals surface area contributed by atoms with Crippen molar-refractivity contribution in [1.29, 1.82) is 0 Å². The van der Waals surface area contributed by atoms with Crippen molar-refractivity contribution in [3.8, 4) is 5.75 Å². The van der Waals surface area contributed by atoms with E-state index in [4.69, 9.17) is 0 Å². The van der Waals surface area contributed by atoms with Gasteiger partial charge in [0.15, 0.2) is 17.4 Å². The van der Waals surface area contributed by atoms with E-state index in [1.165, 1.54) is 7.11 Å². The van der Waals surface area contributed by atoms with Crippen molar-refractivity contribution in [2.45, 2.75) is 32.2 Å². The lowest BCUT2D eigenvalue weighted by Crippen LogP contribution is -2.36. The van der Waals surface area contributed by atoms with Gasteiger partial charge in [0.2, 0.25) is 0 Å². The molecule has 0 bridgehead atoms. The van der Waals surface area contributed by atoms with Crippen LogP contribution in [0.15, 0.2) is 12.1 Å². The lowest BCUT2D eigenvalue weighted by molar-refractivity contribution is 0.0928. The number of methoxy groups -OCH3 is 1. The normalized spacial score (nSPS) is 22.3. The predicted octanol–water partition coefficient (Wildman–Crippen LogP) is 2.89. The molecular weight excluding hydrogens is 252 g/mol. The van der Waals surface area contributed by atoms with Gasteiger partial charge in [0.1, 0.15) is 0 Å². The fraction of sp³-hybridized carbons (Fsp3) is 0.500. The Labute approximate surface area is 111 Å². The monoisotopic (exact) mass is 269 g/mol. The summed E-state index contributed by atoms with van der Waals surface area (Å²) in [5.74, 6) is -2.25. The number of ether oxygens (including phenoxy) is 1. The Morgan fingerprint density at radius 3 is 2.42 bits per heavy atom. The number of amides is 1. The molecule has 104 valence electrons. The van der Waals surface area contributed by atoms with Crippen molar-refractivity contribution in [1.82, 2.24) is 5.32 Å². The molecule has 2 atom stereocenters. The predicted molar refractivity (Wildman–Crippen MR) is 67.2 cm³/mol. The first kappa shape index (κ1) is 13.8. The summed E-state index contributed by atoms with van der Waals surface area (Å²) in [6.45, 7) is 2.06. The number of benzene rings is 1. The highest BCUT2D eigenvalue weighted by molar-refractivity contribution is 5.94. The lowest BCUT2D eigenvalue weighted by atomic mass is 10.1. The summed E-state index contributed by atoms with van der Waals surface area (Å²) in [6, 6.07) is 2.08. The molecule has 2 rings (SSSR count). The third-order valence-corrected chi connectivity index (χ3v) is 3.64.